The van der Waals surface area contributed by atoms with Crippen LogP contribution in [0.1, 0.15) is 44.8 Å². The number of nitrogens with one attached hydrogen (secondary N) is 1. The van der Waals surface area contributed by atoms with Crippen LogP contribution in [0.2, 0.25) is 0 Å². The topological polar surface area (TPSA) is 76.1 Å². The number of nitrogens with zero attached hydrogens (tertiary/aromatic N) is 1. The second-order valence-electron chi connectivity index (χ2n) is 5.41. The van der Waals surface area contributed by atoms with Crippen molar-refractivity contribution in [2.24, 2.45) is 0 Å². The van der Waals surface area contributed by atoms with E-state index in [9.17, 15) is 13.2 Å². The molecular weight excluding hydrogens is 284 g/mol. The van der Waals surface area contributed by atoms with E-state index in [4.69, 9.17) is 0 Å². The van der Waals surface area contributed by atoms with Gasteiger partial charge in [-0.3, -0.25) is 9.52 Å². The Labute approximate surface area is 118 Å². The van der Waals surface area contributed by atoms with E-state index in [-0.39, 0.29) is 17.6 Å². The predicted molar refractivity (Wildman–Crippen MR) is 76.7 cm³/mol. The average molecular weight is 304 g/mol. The van der Waals surface area contributed by atoms with Crippen molar-refractivity contribution in [1.29, 1.82) is 0 Å². The normalized spacial score (nSPS) is 12.4. The second kappa shape index (κ2) is 6.00. The molecule has 0 saturated carbocycles. The van der Waals surface area contributed by atoms with Gasteiger partial charge in [-0.2, -0.15) is 0 Å². The van der Waals surface area contributed by atoms with Crippen molar-refractivity contribution >= 4 is 27.3 Å². The highest BCUT2D eigenvalue weighted by molar-refractivity contribution is 7.90. The zero-order chi connectivity index (χ0) is 14.7. The Morgan fingerprint density at radius 2 is 2.05 bits per heavy atom. The lowest BCUT2D eigenvalue weighted by Crippen LogP contribution is -2.33. The molecule has 0 unspecified atom stereocenters. The first kappa shape index (κ1) is 16.1. The van der Waals surface area contributed by atoms with Crippen LogP contribution in [-0.2, 0) is 26.7 Å². The van der Waals surface area contributed by atoms with Crippen molar-refractivity contribution in [2.45, 2.75) is 46.0 Å². The van der Waals surface area contributed by atoms with Gasteiger partial charge in [0, 0.05) is 10.8 Å². The number of hydrogen-bond acceptors (Lipinski definition) is 5. The second-order valence-corrected chi connectivity index (χ2v) is 8.11. The number of thiazole rings is 1. The lowest BCUT2D eigenvalue weighted by Gasteiger charge is -2.13. The maximum atomic E-state index is 11.6. The molecule has 1 amide bonds. The Bertz CT molecular complexity index is 542. The standard InChI is InChI=1S/C12H20N2O3S2/c1-5-6-19(16,17)14-10(15)7-9-8-18-11(13-9)12(2,3)4/h8H,5-7H2,1-4H3,(H,14,15). The molecule has 0 fully saturated rings. The maximum Gasteiger partial charge on any atom is 0.239 e. The van der Waals surface area contributed by atoms with Gasteiger partial charge in [-0.05, 0) is 6.42 Å². The molecule has 0 aliphatic rings. The SMILES string of the molecule is CCCS(=O)(=O)NC(=O)Cc1csc(C(C)(C)C)n1. The summed E-state index contributed by atoms with van der Waals surface area (Å²) in [5, 5.41) is 2.73. The summed E-state index contributed by atoms with van der Waals surface area (Å²) >= 11 is 1.49. The molecule has 0 saturated heterocycles. The summed E-state index contributed by atoms with van der Waals surface area (Å²) in [6.45, 7) is 7.88. The third-order valence-corrected chi connectivity index (χ3v) is 5.08. The van der Waals surface area contributed by atoms with E-state index in [0.29, 0.717) is 12.1 Å². The minimum atomic E-state index is -3.50. The molecule has 1 N–H and O–H groups in total. The highest BCUT2D eigenvalue weighted by Gasteiger charge is 2.20. The maximum absolute atomic E-state index is 11.6. The van der Waals surface area contributed by atoms with Gasteiger partial charge in [0.1, 0.15) is 0 Å². The number of sulfonamides is 1. The van der Waals surface area contributed by atoms with Gasteiger partial charge in [0.25, 0.3) is 0 Å². The Morgan fingerprint density at radius 1 is 1.42 bits per heavy atom. The molecule has 108 valence electrons. The van der Waals surface area contributed by atoms with Crippen molar-refractivity contribution in [1.82, 2.24) is 9.71 Å². The van der Waals surface area contributed by atoms with Crippen LogP contribution < -0.4 is 4.72 Å². The third kappa shape index (κ3) is 5.28. The molecule has 0 bridgehead atoms. The third-order valence-electron chi connectivity index (χ3n) is 2.28. The van der Waals surface area contributed by atoms with Gasteiger partial charge in [0.2, 0.25) is 15.9 Å². The predicted octanol–water partition coefficient (Wildman–Crippen LogP) is 1.84. The van der Waals surface area contributed by atoms with Gasteiger partial charge in [-0.25, -0.2) is 13.4 Å². The first-order valence-electron chi connectivity index (χ1n) is 6.12. The molecule has 5 nitrogen and oxygen atoms in total. The number of aromatic nitrogens is 1. The first-order chi connectivity index (χ1) is 8.64. The zero-order valence-corrected chi connectivity index (χ0v) is 13.3. The summed E-state index contributed by atoms with van der Waals surface area (Å²) in [5.41, 5.74) is 0.548. The summed E-state index contributed by atoms with van der Waals surface area (Å²) in [6.07, 6.45) is 0.475. The lowest BCUT2D eigenvalue weighted by atomic mass is 9.98. The molecular formula is C12H20N2O3S2. The summed E-state index contributed by atoms with van der Waals surface area (Å²) in [4.78, 5) is 16.0. The van der Waals surface area contributed by atoms with Crippen molar-refractivity contribution in [3.05, 3.63) is 16.1 Å². The smallest absolute Gasteiger partial charge is 0.239 e. The fraction of sp³-hybridized carbons (Fsp3) is 0.667. The largest absolute Gasteiger partial charge is 0.274 e. The summed E-state index contributed by atoms with van der Waals surface area (Å²) < 4.78 is 24.9. The van der Waals surface area contributed by atoms with Crippen LogP contribution in [0.25, 0.3) is 0 Å². The van der Waals surface area contributed by atoms with Crippen LogP contribution in [0.15, 0.2) is 5.38 Å². The van der Waals surface area contributed by atoms with Crippen LogP contribution in [0.3, 0.4) is 0 Å². The number of carbonyl (C=O) groups is 1. The molecule has 1 heterocycles. The van der Waals surface area contributed by atoms with Crippen molar-refractivity contribution < 1.29 is 13.2 Å². The van der Waals surface area contributed by atoms with E-state index >= 15 is 0 Å². The van der Waals surface area contributed by atoms with Crippen LogP contribution >= 0.6 is 11.3 Å². The molecule has 1 aromatic heterocycles. The Kier molecular flexibility index (Phi) is 5.09. The van der Waals surface area contributed by atoms with E-state index in [1.807, 2.05) is 20.8 Å². The van der Waals surface area contributed by atoms with E-state index in [0.717, 1.165) is 5.01 Å². The van der Waals surface area contributed by atoms with Gasteiger partial charge < -0.3 is 0 Å². The fourth-order valence-electron chi connectivity index (χ4n) is 1.43. The van der Waals surface area contributed by atoms with E-state index in [1.165, 1.54) is 11.3 Å². The molecule has 0 aromatic carbocycles. The molecule has 0 spiro atoms. The molecule has 0 aliphatic heterocycles. The fourth-order valence-corrected chi connectivity index (χ4v) is 3.39. The highest BCUT2D eigenvalue weighted by atomic mass is 32.2. The van der Waals surface area contributed by atoms with Crippen molar-refractivity contribution in [3.8, 4) is 0 Å². The van der Waals surface area contributed by atoms with E-state index in [1.54, 1.807) is 12.3 Å². The van der Waals surface area contributed by atoms with Crippen molar-refractivity contribution in [3.63, 3.8) is 0 Å². The summed E-state index contributed by atoms with van der Waals surface area (Å²) in [7, 11) is -3.50. The van der Waals surface area contributed by atoms with Crippen LogP contribution in [0.5, 0.6) is 0 Å². The van der Waals surface area contributed by atoms with Crippen molar-refractivity contribution in [2.75, 3.05) is 5.75 Å². The van der Waals surface area contributed by atoms with Gasteiger partial charge in [-0.1, -0.05) is 27.7 Å². The Hall–Kier alpha value is -0.950. The van der Waals surface area contributed by atoms with Crippen LogP contribution in [0.4, 0.5) is 0 Å². The number of hydrogen-bond donors (Lipinski definition) is 1. The number of rotatable bonds is 5. The number of carbonyl (C=O) groups excluding carboxylic acids is 1. The molecule has 0 atom stereocenters. The Balaban J connectivity index is 2.66. The molecule has 1 aromatic rings. The highest BCUT2D eigenvalue weighted by Crippen LogP contribution is 2.25. The molecule has 0 aliphatic carbocycles. The van der Waals surface area contributed by atoms with Gasteiger partial charge in [0.15, 0.2) is 0 Å². The Morgan fingerprint density at radius 3 is 2.53 bits per heavy atom. The lowest BCUT2D eigenvalue weighted by molar-refractivity contribution is -0.118. The minimum absolute atomic E-state index is 0.00444. The van der Waals surface area contributed by atoms with Crippen LogP contribution in [-0.4, -0.2) is 25.1 Å². The molecule has 1 rings (SSSR count). The van der Waals surface area contributed by atoms with Crippen LogP contribution in [0, 0.1) is 0 Å². The first-order valence-corrected chi connectivity index (χ1v) is 8.65. The minimum Gasteiger partial charge on any atom is -0.274 e. The van der Waals surface area contributed by atoms with E-state index < -0.39 is 15.9 Å². The summed E-state index contributed by atoms with van der Waals surface area (Å²) in [5.74, 6) is -0.567. The van der Waals surface area contributed by atoms with Gasteiger partial charge in [-0.15, -0.1) is 11.3 Å². The number of amides is 1. The van der Waals surface area contributed by atoms with Gasteiger partial charge in [0.05, 0.1) is 22.9 Å². The molecule has 19 heavy (non-hydrogen) atoms. The van der Waals surface area contributed by atoms with E-state index in [2.05, 4.69) is 9.71 Å². The average Bonchev–Trinajstić information content (AvgIpc) is 2.63. The van der Waals surface area contributed by atoms with Gasteiger partial charge >= 0.3 is 0 Å². The molecule has 7 heteroatoms. The monoisotopic (exact) mass is 304 g/mol. The summed E-state index contributed by atoms with van der Waals surface area (Å²) in [6, 6.07) is 0. The zero-order valence-electron chi connectivity index (χ0n) is 11.7. The quantitative estimate of drug-likeness (QED) is 0.900. The molecule has 0 radical (unpaired) electrons.